The highest BCUT2D eigenvalue weighted by molar-refractivity contribution is 5.97. The third-order valence-electron chi connectivity index (χ3n) is 12.9. The molecule has 1 aliphatic rings. The molecule has 0 saturated heterocycles. The molecule has 0 amide bonds. The Kier molecular flexibility index (Phi) is 9.24. The number of rotatable bonds is 8. The Hall–Kier alpha value is -7.74. The number of nitrogens with zero attached hydrogens (tertiary/aromatic N) is 1. The Morgan fingerprint density at radius 2 is 0.726 bits per heavy atom. The maximum Gasteiger partial charge on any atom is 0.0462 e. The van der Waals surface area contributed by atoms with Crippen molar-refractivity contribution in [3.63, 3.8) is 0 Å². The van der Waals surface area contributed by atoms with Crippen LogP contribution in [0.4, 0.5) is 17.1 Å². The van der Waals surface area contributed by atoms with Gasteiger partial charge in [-0.25, -0.2) is 0 Å². The Morgan fingerprint density at radius 3 is 1.40 bits per heavy atom. The molecule has 0 saturated carbocycles. The van der Waals surface area contributed by atoms with Crippen molar-refractivity contribution >= 4 is 27.8 Å². The second-order valence-electron chi connectivity index (χ2n) is 16.9. The van der Waals surface area contributed by atoms with Crippen LogP contribution >= 0.6 is 0 Å². The summed E-state index contributed by atoms with van der Waals surface area (Å²) in [7, 11) is 0. The van der Waals surface area contributed by atoms with Gasteiger partial charge >= 0.3 is 0 Å². The molecule has 0 unspecified atom stereocenters. The normalized spacial score (nSPS) is 12.5. The summed E-state index contributed by atoms with van der Waals surface area (Å²) in [5.41, 5.74) is 20.8. The molecule has 0 atom stereocenters. The third kappa shape index (κ3) is 6.51. The minimum absolute atomic E-state index is 0.135. The van der Waals surface area contributed by atoms with E-state index in [1.54, 1.807) is 0 Å². The highest BCUT2D eigenvalue weighted by atomic mass is 15.1. The maximum absolute atomic E-state index is 2.41. The monoisotopic (exact) mass is 791 g/mol. The summed E-state index contributed by atoms with van der Waals surface area (Å²) in [6.07, 6.45) is 0. The number of hydrogen-bond acceptors (Lipinski definition) is 1. The lowest BCUT2D eigenvalue weighted by atomic mass is 9.77. The Labute approximate surface area is 364 Å². The summed E-state index contributed by atoms with van der Waals surface area (Å²) in [6, 6.07) is 86.5. The molecule has 1 heteroatoms. The van der Waals surface area contributed by atoms with Gasteiger partial charge in [0, 0.05) is 22.5 Å². The van der Waals surface area contributed by atoms with Gasteiger partial charge in [-0.1, -0.05) is 208 Å². The molecular weight excluding hydrogens is 747 g/mol. The molecule has 0 spiro atoms. The maximum atomic E-state index is 2.41. The molecule has 10 aromatic rings. The molecule has 62 heavy (non-hydrogen) atoms. The highest BCUT2D eigenvalue weighted by Crippen LogP contribution is 2.53. The van der Waals surface area contributed by atoms with Crippen molar-refractivity contribution in [3.05, 3.63) is 248 Å². The van der Waals surface area contributed by atoms with Crippen molar-refractivity contribution in [1.29, 1.82) is 0 Å². The molecule has 11 rings (SSSR count). The number of fused-ring (bicyclic) bond motifs is 4. The first-order valence-electron chi connectivity index (χ1n) is 21.6. The van der Waals surface area contributed by atoms with Gasteiger partial charge in [0.05, 0.1) is 0 Å². The van der Waals surface area contributed by atoms with E-state index >= 15 is 0 Å². The van der Waals surface area contributed by atoms with E-state index in [0.717, 1.165) is 17.1 Å². The molecule has 1 nitrogen and oxygen atoms in total. The van der Waals surface area contributed by atoms with Gasteiger partial charge in [-0.05, 0) is 131 Å². The van der Waals surface area contributed by atoms with Crippen molar-refractivity contribution in [1.82, 2.24) is 0 Å². The van der Waals surface area contributed by atoms with Gasteiger partial charge in [0.25, 0.3) is 0 Å². The summed E-state index contributed by atoms with van der Waals surface area (Å²) >= 11 is 0. The lowest BCUT2D eigenvalue weighted by Gasteiger charge is -2.26. The van der Waals surface area contributed by atoms with Crippen LogP contribution in [0.15, 0.2) is 237 Å². The molecule has 0 radical (unpaired) electrons. The zero-order valence-electron chi connectivity index (χ0n) is 35.0. The van der Waals surface area contributed by atoms with Crippen molar-refractivity contribution in [2.75, 3.05) is 4.90 Å². The summed E-state index contributed by atoms with van der Waals surface area (Å²) in [5, 5.41) is 2.51. The fourth-order valence-electron chi connectivity index (χ4n) is 9.84. The van der Waals surface area contributed by atoms with Gasteiger partial charge in [0.15, 0.2) is 0 Å². The van der Waals surface area contributed by atoms with Gasteiger partial charge in [-0.3, -0.25) is 0 Å². The quantitative estimate of drug-likeness (QED) is 0.148. The van der Waals surface area contributed by atoms with Crippen LogP contribution in [0.25, 0.3) is 77.5 Å². The number of hydrogen-bond donors (Lipinski definition) is 0. The van der Waals surface area contributed by atoms with Crippen LogP contribution in [0.5, 0.6) is 0 Å². The van der Waals surface area contributed by atoms with Crippen LogP contribution < -0.4 is 4.90 Å². The minimum atomic E-state index is -0.135. The van der Waals surface area contributed by atoms with Crippen molar-refractivity contribution in [2.24, 2.45) is 0 Å². The Morgan fingerprint density at radius 1 is 0.290 bits per heavy atom. The third-order valence-corrected chi connectivity index (χ3v) is 12.9. The van der Waals surface area contributed by atoms with Crippen LogP contribution in [-0.4, -0.2) is 0 Å². The van der Waals surface area contributed by atoms with Gasteiger partial charge < -0.3 is 4.90 Å². The van der Waals surface area contributed by atoms with E-state index in [0.29, 0.717) is 0 Å². The van der Waals surface area contributed by atoms with E-state index in [1.165, 1.54) is 88.7 Å². The second kappa shape index (κ2) is 15.4. The molecule has 0 heterocycles. The van der Waals surface area contributed by atoms with E-state index in [1.807, 2.05) is 0 Å². The summed E-state index contributed by atoms with van der Waals surface area (Å²) < 4.78 is 0. The van der Waals surface area contributed by atoms with Crippen molar-refractivity contribution in [3.8, 4) is 66.8 Å². The van der Waals surface area contributed by atoms with Crippen LogP contribution in [0.2, 0.25) is 0 Å². The summed E-state index contributed by atoms with van der Waals surface area (Å²) in [6.45, 7) is 4.76. The van der Waals surface area contributed by atoms with Crippen LogP contribution in [-0.2, 0) is 5.41 Å². The summed E-state index contributed by atoms with van der Waals surface area (Å²) in [5.74, 6) is 0. The molecule has 294 valence electrons. The standard InChI is InChI=1S/C61H45N/c1-61(2)59-26-12-11-22-55(59)56-24-14-25-57(60(56)61)58-41-48(33-40-54(58)45-17-7-4-8-18-45)44-29-36-50(37-30-44)62(49-34-27-43(28-35-49)42-15-5-3-6-16-42)51-38-31-47(32-39-51)53-23-13-20-46-19-9-10-21-52(46)53/h3-41H,1-2H3. The fraction of sp³-hybridized carbons (Fsp3) is 0.0492. The number of anilines is 3. The van der Waals surface area contributed by atoms with E-state index in [2.05, 4.69) is 255 Å². The van der Waals surface area contributed by atoms with E-state index in [4.69, 9.17) is 0 Å². The zero-order chi connectivity index (χ0) is 41.6. The van der Waals surface area contributed by atoms with Gasteiger partial charge in [-0.2, -0.15) is 0 Å². The smallest absolute Gasteiger partial charge is 0.0462 e. The minimum Gasteiger partial charge on any atom is -0.311 e. The average Bonchev–Trinajstić information content (AvgIpc) is 3.58. The lowest BCUT2D eigenvalue weighted by Crippen LogP contribution is -2.16. The van der Waals surface area contributed by atoms with Crippen LogP contribution in [0.3, 0.4) is 0 Å². The second-order valence-corrected chi connectivity index (χ2v) is 16.9. The molecule has 0 aliphatic heterocycles. The molecule has 0 N–H and O–H groups in total. The first-order valence-corrected chi connectivity index (χ1v) is 21.6. The zero-order valence-corrected chi connectivity index (χ0v) is 35.0. The number of benzene rings is 10. The molecule has 0 aromatic heterocycles. The molecule has 10 aromatic carbocycles. The highest BCUT2D eigenvalue weighted by Gasteiger charge is 2.37. The van der Waals surface area contributed by atoms with Crippen molar-refractivity contribution < 1.29 is 0 Å². The fourth-order valence-corrected chi connectivity index (χ4v) is 9.84. The lowest BCUT2D eigenvalue weighted by molar-refractivity contribution is 0.662. The summed E-state index contributed by atoms with van der Waals surface area (Å²) in [4.78, 5) is 2.36. The van der Waals surface area contributed by atoms with Gasteiger partial charge in [0.1, 0.15) is 0 Å². The molecule has 1 aliphatic carbocycles. The molecule has 0 bridgehead atoms. The molecule has 0 fully saturated rings. The predicted octanol–water partition coefficient (Wildman–Crippen LogP) is 17.0. The average molecular weight is 792 g/mol. The van der Waals surface area contributed by atoms with E-state index < -0.39 is 0 Å². The predicted molar refractivity (Wildman–Crippen MR) is 263 cm³/mol. The SMILES string of the molecule is CC1(C)c2ccccc2-c2cccc(-c3cc(-c4ccc(N(c5ccc(-c6ccccc6)cc5)c5ccc(-c6cccc7ccccc67)cc5)cc4)ccc3-c3ccccc3)c21. The van der Waals surface area contributed by atoms with E-state index in [9.17, 15) is 0 Å². The Bertz CT molecular complexity index is 3210. The van der Waals surface area contributed by atoms with Gasteiger partial charge in [0.2, 0.25) is 0 Å². The first-order chi connectivity index (χ1) is 30.5. The first kappa shape index (κ1) is 37.3. The largest absolute Gasteiger partial charge is 0.311 e. The molecular formula is C61H45N. The Balaban J connectivity index is 1.00. The van der Waals surface area contributed by atoms with Crippen LogP contribution in [0, 0.1) is 0 Å². The van der Waals surface area contributed by atoms with Crippen molar-refractivity contribution in [2.45, 2.75) is 19.3 Å². The topological polar surface area (TPSA) is 3.24 Å². The van der Waals surface area contributed by atoms with E-state index in [-0.39, 0.29) is 5.41 Å². The van der Waals surface area contributed by atoms with Gasteiger partial charge in [-0.15, -0.1) is 0 Å². The van der Waals surface area contributed by atoms with Crippen LogP contribution in [0.1, 0.15) is 25.0 Å².